The average Bonchev–Trinajstić information content (AvgIpc) is 3.18. The minimum Gasteiger partial charge on any atom is -0.343 e. The molecular weight excluding hydrogens is 377 g/mol. The molecule has 3 rings (SSSR count). The number of allylic oxidation sites excluding steroid dienone is 1. The van der Waals surface area contributed by atoms with Crippen LogP contribution < -0.4 is 10.6 Å². The van der Waals surface area contributed by atoms with Crippen molar-refractivity contribution in [1.29, 1.82) is 0 Å². The highest BCUT2D eigenvalue weighted by Gasteiger charge is 2.64. The predicted molar refractivity (Wildman–Crippen MR) is 109 cm³/mol. The fourth-order valence-electron chi connectivity index (χ4n) is 4.70. The van der Waals surface area contributed by atoms with E-state index in [0.717, 1.165) is 32.1 Å². The second kappa shape index (κ2) is 8.29. The lowest BCUT2D eigenvalue weighted by molar-refractivity contribution is -0.140. The Labute approximate surface area is 167 Å². The summed E-state index contributed by atoms with van der Waals surface area (Å²) >= 11 is 0. The molecule has 1 saturated heterocycles. The van der Waals surface area contributed by atoms with E-state index >= 15 is 0 Å². The molecule has 8 heteroatoms. The number of hydrogen-bond donors (Lipinski definition) is 3. The van der Waals surface area contributed by atoms with Gasteiger partial charge in [0.1, 0.15) is 11.3 Å². The summed E-state index contributed by atoms with van der Waals surface area (Å²) in [7, 11) is -1.74. The van der Waals surface area contributed by atoms with Crippen LogP contribution in [-0.2, 0) is 14.2 Å². The van der Waals surface area contributed by atoms with Crippen LogP contribution in [0.1, 0.15) is 51.9 Å². The van der Waals surface area contributed by atoms with Crippen LogP contribution in [0.2, 0.25) is 0 Å². The van der Waals surface area contributed by atoms with Crippen LogP contribution in [-0.4, -0.2) is 59.2 Å². The first kappa shape index (κ1) is 21.5. The van der Waals surface area contributed by atoms with Crippen molar-refractivity contribution in [1.82, 2.24) is 15.5 Å². The van der Waals surface area contributed by atoms with Crippen LogP contribution in [0.25, 0.3) is 0 Å². The van der Waals surface area contributed by atoms with Crippen molar-refractivity contribution in [3.05, 3.63) is 12.2 Å². The third-order valence-electron chi connectivity index (χ3n) is 6.54. The van der Waals surface area contributed by atoms with E-state index in [-0.39, 0.29) is 29.7 Å². The summed E-state index contributed by atoms with van der Waals surface area (Å²) in [6, 6.07) is -0.865. The maximum absolute atomic E-state index is 13.1. The Morgan fingerprint density at radius 2 is 2.07 bits per heavy atom. The molecule has 3 aliphatic rings. The van der Waals surface area contributed by atoms with Gasteiger partial charge in [-0.1, -0.05) is 31.9 Å². The molecule has 0 aromatic heterocycles. The Hall–Kier alpha value is -1.17. The summed E-state index contributed by atoms with van der Waals surface area (Å²) in [5, 5.41) is 4.94. The number of carbonyl (C=O) groups is 2. The number of nitrogens with zero attached hydrogens (tertiary/aromatic N) is 1. The molecule has 2 aliphatic heterocycles. The van der Waals surface area contributed by atoms with Gasteiger partial charge in [-0.15, -0.1) is 0 Å². The average molecular weight is 411 g/mol. The highest BCUT2D eigenvalue weighted by molar-refractivity contribution is 7.59. The lowest BCUT2D eigenvalue weighted by atomic mass is 10.1. The van der Waals surface area contributed by atoms with Crippen molar-refractivity contribution in [2.24, 2.45) is 11.8 Å². The van der Waals surface area contributed by atoms with E-state index in [1.807, 2.05) is 13.0 Å². The van der Waals surface area contributed by atoms with Crippen molar-refractivity contribution >= 4 is 19.2 Å². The van der Waals surface area contributed by atoms with E-state index in [4.69, 9.17) is 0 Å². The van der Waals surface area contributed by atoms with Gasteiger partial charge in [0, 0.05) is 19.1 Å². The molecule has 0 aromatic carbocycles. The van der Waals surface area contributed by atoms with Gasteiger partial charge in [0.05, 0.1) is 6.04 Å². The lowest BCUT2D eigenvalue weighted by Gasteiger charge is -2.30. The van der Waals surface area contributed by atoms with Crippen LogP contribution in [0.4, 0.5) is 0 Å². The summed E-state index contributed by atoms with van der Waals surface area (Å²) < 4.78 is 12.6. The quantitative estimate of drug-likeness (QED) is 0.477. The topological polar surface area (TPSA) is 98.7 Å². The van der Waals surface area contributed by atoms with E-state index in [2.05, 4.69) is 16.7 Å². The van der Waals surface area contributed by atoms with Gasteiger partial charge in [-0.3, -0.25) is 14.2 Å². The van der Waals surface area contributed by atoms with Gasteiger partial charge in [0.25, 0.3) is 0 Å². The molecule has 3 N–H and O–H groups in total. The van der Waals surface area contributed by atoms with Crippen LogP contribution in [0.15, 0.2) is 12.2 Å². The zero-order valence-corrected chi connectivity index (χ0v) is 18.1. The summed E-state index contributed by atoms with van der Waals surface area (Å²) in [5.74, 6) is -0.223. The van der Waals surface area contributed by atoms with Crippen LogP contribution in [0.3, 0.4) is 0 Å². The minimum absolute atomic E-state index is 0.0370. The molecular formula is C20H34N3O4P. The molecule has 1 saturated carbocycles. The highest BCUT2D eigenvalue weighted by Crippen LogP contribution is 2.67. The molecule has 158 valence electrons. The van der Waals surface area contributed by atoms with E-state index in [1.54, 1.807) is 11.9 Å². The number of amides is 2. The maximum atomic E-state index is 13.1. The summed E-state index contributed by atoms with van der Waals surface area (Å²) in [6.07, 6.45) is 9.81. The number of hydrogen-bond acceptors (Lipinski definition) is 4. The monoisotopic (exact) mass is 411 g/mol. The Bertz CT molecular complexity index is 691. The van der Waals surface area contributed by atoms with Crippen molar-refractivity contribution in [3.63, 3.8) is 0 Å². The van der Waals surface area contributed by atoms with E-state index < -0.39 is 18.7 Å². The van der Waals surface area contributed by atoms with E-state index in [0.29, 0.717) is 19.4 Å². The van der Waals surface area contributed by atoms with Crippen molar-refractivity contribution in [2.45, 2.75) is 69.2 Å². The molecule has 2 amide bonds. The Morgan fingerprint density at radius 1 is 1.32 bits per heavy atom. The molecule has 6 unspecified atom stereocenters. The Balaban J connectivity index is 1.88. The highest BCUT2D eigenvalue weighted by atomic mass is 31.2. The second-order valence-electron chi connectivity index (χ2n) is 8.86. The molecule has 0 radical (unpaired) electrons. The molecule has 1 aliphatic carbocycles. The van der Waals surface area contributed by atoms with Crippen LogP contribution >= 0.6 is 7.37 Å². The zero-order valence-electron chi connectivity index (χ0n) is 17.2. The lowest BCUT2D eigenvalue weighted by Crippen LogP contribution is -2.54. The van der Waals surface area contributed by atoms with Gasteiger partial charge < -0.3 is 20.4 Å². The van der Waals surface area contributed by atoms with Crippen molar-refractivity contribution < 1.29 is 19.0 Å². The van der Waals surface area contributed by atoms with Gasteiger partial charge >= 0.3 is 0 Å². The van der Waals surface area contributed by atoms with Gasteiger partial charge in [0.15, 0.2) is 0 Å². The van der Waals surface area contributed by atoms with Crippen LogP contribution in [0.5, 0.6) is 0 Å². The molecule has 2 heterocycles. The summed E-state index contributed by atoms with van der Waals surface area (Å²) in [4.78, 5) is 38.3. The molecule has 28 heavy (non-hydrogen) atoms. The smallest absolute Gasteiger partial charge is 0.243 e. The maximum Gasteiger partial charge on any atom is 0.243 e. The first-order valence-corrected chi connectivity index (χ1v) is 12.6. The molecule has 0 bridgehead atoms. The summed E-state index contributed by atoms with van der Waals surface area (Å²) in [6.45, 7) is 3.91. The summed E-state index contributed by atoms with van der Waals surface area (Å²) in [5.41, 5.74) is 0. The van der Waals surface area contributed by atoms with Crippen LogP contribution in [0, 0.1) is 11.8 Å². The fraction of sp³-hybridized carbons (Fsp3) is 0.800. The van der Waals surface area contributed by atoms with Crippen molar-refractivity contribution in [2.75, 3.05) is 20.3 Å². The minimum atomic E-state index is -3.53. The normalized spacial score (nSPS) is 40.4. The number of likely N-dealkylation sites (N-methyl/N-ethyl adjacent to an activating group) is 1. The number of nitrogens with one attached hydrogen (secondary N) is 2. The zero-order chi connectivity index (χ0) is 20.5. The van der Waals surface area contributed by atoms with Crippen molar-refractivity contribution in [3.8, 4) is 0 Å². The van der Waals surface area contributed by atoms with E-state index in [9.17, 15) is 19.0 Å². The molecule has 0 spiro atoms. The fourth-order valence-corrected chi connectivity index (χ4v) is 6.26. The molecule has 2 fully saturated rings. The van der Waals surface area contributed by atoms with Gasteiger partial charge in [0.2, 0.25) is 19.2 Å². The molecule has 6 atom stereocenters. The van der Waals surface area contributed by atoms with Gasteiger partial charge in [-0.2, -0.15) is 0 Å². The number of fused-ring (bicyclic) bond motifs is 2. The van der Waals surface area contributed by atoms with Gasteiger partial charge in [-0.05, 0) is 45.1 Å². The second-order valence-corrected chi connectivity index (χ2v) is 11.4. The first-order chi connectivity index (χ1) is 13.2. The third kappa shape index (κ3) is 4.22. The Morgan fingerprint density at radius 3 is 2.75 bits per heavy atom. The van der Waals surface area contributed by atoms with E-state index in [1.165, 1.54) is 6.66 Å². The van der Waals surface area contributed by atoms with Gasteiger partial charge in [-0.25, -0.2) is 0 Å². The Kier molecular flexibility index (Phi) is 6.38. The third-order valence-corrected chi connectivity index (χ3v) is 8.65. The standard InChI is InChI=1S/C20H34N3O4P/c1-14-11-17-18(24)22-20(28(3,26)27)12-15(20)9-7-5-4-6-8-10-16(21-2)19(25)23(17)13-14/h7,9,14-17,21H,4-6,8,10-13H2,1-3H3,(H,22,24)(H,26,27)/b9-7-. The SMILES string of the molecule is CNC1CCCCC/C=C\C2CC2(P(C)(=O)O)NC(=O)C2CC(C)CN2C1=O. The number of rotatable bonds is 2. The predicted octanol–water partition coefficient (Wildman–Crippen LogP) is 2.06. The molecule has 7 nitrogen and oxygen atoms in total. The molecule has 0 aromatic rings. The largest absolute Gasteiger partial charge is 0.343 e. The first-order valence-electron chi connectivity index (χ1n) is 10.5. The number of carbonyl (C=O) groups excluding carboxylic acids is 2.